The molecular weight excluding hydrogens is 288 g/mol. The smallest absolute Gasteiger partial charge is 0.0431 e. The van der Waals surface area contributed by atoms with Crippen LogP contribution in [0, 0.1) is 0 Å². The lowest BCUT2D eigenvalue weighted by atomic mass is 10.1. The molecule has 0 rings (SSSR count). The molecule has 0 aromatic rings. The van der Waals surface area contributed by atoms with E-state index in [-0.39, 0.29) is 0 Å². The first kappa shape index (κ1) is 18.2. The third-order valence-corrected chi connectivity index (χ3v) is 3.76. The highest BCUT2D eigenvalue weighted by Crippen LogP contribution is 2.08. The van der Waals surface area contributed by atoms with Crippen molar-refractivity contribution in [2.24, 2.45) is 0 Å². The molecule has 0 amide bonds. The summed E-state index contributed by atoms with van der Waals surface area (Å²) in [5.74, 6) is 0. The maximum Gasteiger partial charge on any atom is 0.0431 e. The highest BCUT2D eigenvalue weighted by atomic mass is 79.9. The lowest BCUT2D eigenvalue weighted by molar-refractivity contribution is 0.282. The van der Waals surface area contributed by atoms with E-state index in [1.54, 1.807) is 0 Å². The average Bonchev–Trinajstić information content (AvgIpc) is 2.39. The van der Waals surface area contributed by atoms with E-state index in [0.29, 0.717) is 6.61 Å². The first-order chi connectivity index (χ1) is 8.91. The number of allylic oxidation sites excluding steroid dienone is 2. The van der Waals surface area contributed by atoms with Crippen LogP contribution in [0.4, 0.5) is 0 Å². The van der Waals surface area contributed by atoms with Gasteiger partial charge in [-0.2, -0.15) is 0 Å². The molecular formula is C16H31BrO. The van der Waals surface area contributed by atoms with Gasteiger partial charge in [0.15, 0.2) is 0 Å². The van der Waals surface area contributed by atoms with E-state index >= 15 is 0 Å². The Morgan fingerprint density at radius 1 is 0.611 bits per heavy atom. The van der Waals surface area contributed by atoms with Crippen LogP contribution in [0.3, 0.4) is 0 Å². The summed E-state index contributed by atoms with van der Waals surface area (Å²) in [7, 11) is 0. The van der Waals surface area contributed by atoms with Gasteiger partial charge in [-0.05, 0) is 38.5 Å². The fourth-order valence-corrected chi connectivity index (χ4v) is 2.42. The van der Waals surface area contributed by atoms with Gasteiger partial charge in [-0.15, -0.1) is 0 Å². The van der Waals surface area contributed by atoms with Gasteiger partial charge in [-0.1, -0.05) is 66.6 Å². The maximum absolute atomic E-state index is 8.65. The molecule has 0 heterocycles. The van der Waals surface area contributed by atoms with Crippen LogP contribution in [0.15, 0.2) is 12.2 Å². The average molecular weight is 319 g/mol. The van der Waals surface area contributed by atoms with Crippen molar-refractivity contribution in [2.45, 2.75) is 77.0 Å². The molecule has 2 heteroatoms. The Bertz CT molecular complexity index is 168. The molecule has 18 heavy (non-hydrogen) atoms. The van der Waals surface area contributed by atoms with E-state index in [1.807, 2.05) is 0 Å². The van der Waals surface area contributed by atoms with Gasteiger partial charge in [0.25, 0.3) is 0 Å². The first-order valence-corrected chi connectivity index (χ1v) is 8.85. The quantitative estimate of drug-likeness (QED) is 0.251. The highest BCUT2D eigenvalue weighted by molar-refractivity contribution is 9.09. The molecule has 1 nitrogen and oxygen atoms in total. The monoisotopic (exact) mass is 318 g/mol. The van der Waals surface area contributed by atoms with Gasteiger partial charge in [-0.3, -0.25) is 0 Å². The summed E-state index contributed by atoms with van der Waals surface area (Å²) in [6.07, 6.45) is 20.1. The third-order valence-electron chi connectivity index (χ3n) is 3.20. The Morgan fingerprint density at radius 3 is 1.56 bits per heavy atom. The highest BCUT2D eigenvalue weighted by Gasteiger charge is 1.90. The SMILES string of the molecule is OCCCCCCCCC=CCCCCCCBr. The lowest BCUT2D eigenvalue weighted by Gasteiger charge is -1.99. The zero-order chi connectivity index (χ0) is 13.3. The van der Waals surface area contributed by atoms with Crippen LogP contribution in [0.5, 0.6) is 0 Å². The number of rotatable bonds is 14. The summed E-state index contributed by atoms with van der Waals surface area (Å²) >= 11 is 3.46. The van der Waals surface area contributed by atoms with Crippen LogP contribution in [0.25, 0.3) is 0 Å². The predicted octanol–water partition coefficient (Wildman–Crippen LogP) is 5.61. The normalized spacial score (nSPS) is 11.4. The van der Waals surface area contributed by atoms with Gasteiger partial charge in [0.05, 0.1) is 0 Å². The van der Waals surface area contributed by atoms with Crippen LogP contribution in [0.2, 0.25) is 0 Å². The van der Waals surface area contributed by atoms with Crippen molar-refractivity contribution >= 4 is 15.9 Å². The molecule has 0 saturated carbocycles. The second-order valence-electron chi connectivity index (χ2n) is 5.00. The predicted molar refractivity (Wildman–Crippen MR) is 85.4 cm³/mol. The van der Waals surface area contributed by atoms with Crippen LogP contribution in [-0.2, 0) is 0 Å². The summed E-state index contributed by atoms with van der Waals surface area (Å²) in [5.41, 5.74) is 0. The number of hydrogen-bond acceptors (Lipinski definition) is 1. The molecule has 0 aliphatic heterocycles. The summed E-state index contributed by atoms with van der Waals surface area (Å²) in [5, 5.41) is 9.80. The Kier molecular flexibility index (Phi) is 17.4. The number of unbranched alkanes of at least 4 members (excludes halogenated alkanes) is 10. The molecule has 0 aromatic heterocycles. The van der Waals surface area contributed by atoms with Crippen LogP contribution >= 0.6 is 15.9 Å². The Balaban J connectivity index is 3.00. The molecule has 0 bridgehead atoms. The number of halogens is 1. The zero-order valence-corrected chi connectivity index (χ0v) is 13.5. The molecule has 108 valence electrons. The maximum atomic E-state index is 8.65. The van der Waals surface area contributed by atoms with Crippen molar-refractivity contribution < 1.29 is 5.11 Å². The summed E-state index contributed by atoms with van der Waals surface area (Å²) in [6.45, 7) is 0.360. The molecule has 0 aliphatic rings. The molecule has 0 fully saturated rings. The number of hydrogen-bond donors (Lipinski definition) is 1. The standard InChI is InChI=1S/C16H31BrO/c17-15-13-11-9-7-5-3-1-2-4-6-8-10-12-14-16-18/h1,3,18H,2,4-16H2. The molecule has 0 atom stereocenters. The fourth-order valence-electron chi connectivity index (χ4n) is 2.03. The van der Waals surface area contributed by atoms with Crippen molar-refractivity contribution in [3.05, 3.63) is 12.2 Å². The molecule has 0 aliphatic carbocycles. The van der Waals surface area contributed by atoms with Crippen molar-refractivity contribution in [1.82, 2.24) is 0 Å². The molecule has 0 aromatic carbocycles. The van der Waals surface area contributed by atoms with Gasteiger partial charge in [0, 0.05) is 11.9 Å². The van der Waals surface area contributed by atoms with Gasteiger partial charge >= 0.3 is 0 Å². The Hall–Kier alpha value is 0.180. The van der Waals surface area contributed by atoms with Crippen LogP contribution in [0.1, 0.15) is 77.0 Å². The minimum atomic E-state index is 0.360. The lowest BCUT2D eigenvalue weighted by Crippen LogP contribution is -1.83. The molecule has 0 saturated heterocycles. The van der Waals surface area contributed by atoms with E-state index in [1.165, 1.54) is 70.6 Å². The summed E-state index contributed by atoms with van der Waals surface area (Å²) < 4.78 is 0. The summed E-state index contributed by atoms with van der Waals surface area (Å²) in [6, 6.07) is 0. The van der Waals surface area contributed by atoms with E-state index in [2.05, 4.69) is 28.1 Å². The minimum absolute atomic E-state index is 0.360. The zero-order valence-electron chi connectivity index (χ0n) is 11.9. The molecule has 0 radical (unpaired) electrons. The second-order valence-corrected chi connectivity index (χ2v) is 5.79. The third kappa shape index (κ3) is 16.2. The first-order valence-electron chi connectivity index (χ1n) is 7.73. The van der Waals surface area contributed by atoms with Crippen molar-refractivity contribution in [1.29, 1.82) is 0 Å². The topological polar surface area (TPSA) is 20.2 Å². The Morgan fingerprint density at radius 2 is 1.06 bits per heavy atom. The van der Waals surface area contributed by atoms with Gasteiger partial charge in [-0.25, -0.2) is 0 Å². The number of aliphatic hydroxyl groups is 1. The molecule has 1 N–H and O–H groups in total. The Labute approximate surface area is 122 Å². The van der Waals surface area contributed by atoms with Crippen LogP contribution < -0.4 is 0 Å². The van der Waals surface area contributed by atoms with Gasteiger partial charge in [0.2, 0.25) is 0 Å². The van der Waals surface area contributed by atoms with E-state index in [9.17, 15) is 0 Å². The van der Waals surface area contributed by atoms with Crippen molar-refractivity contribution in [3.63, 3.8) is 0 Å². The van der Waals surface area contributed by atoms with Gasteiger partial charge < -0.3 is 5.11 Å². The summed E-state index contributed by atoms with van der Waals surface area (Å²) in [4.78, 5) is 0. The minimum Gasteiger partial charge on any atom is -0.396 e. The largest absolute Gasteiger partial charge is 0.396 e. The fraction of sp³-hybridized carbons (Fsp3) is 0.875. The van der Waals surface area contributed by atoms with E-state index < -0.39 is 0 Å². The van der Waals surface area contributed by atoms with E-state index in [0.717, 1.165) is 11.8 Å². The second kappa shape index (κ2) is 17.2. The van der Waals surface area contributed by atoms with Crippen LogP contribution in [-0.4, -0.2) is 17.0 Å². The number of alkyl halides is 1. The van der Waals surface area contributed by atoms with Crippen molar-refractivity contribution in [3.8, 4) is 0 Å². The molecule has 0 spiro atoms. The van der Waals surface area contributed by atoms with E-state index in [4.69, 9.17) is 5.11 Å². The number of aliphatic hydroxyl groups excluding tert-OH is 1. The van der Waals surface area contributed by atoms with Gasteiger partial charge in [0.1, 0.15) is 0 Å². The van der Waals surface area contributed by atoms with Crippen molar-refractivity contribution in [2.75, 3.05) is 11.9 Å². The molecule has 0 unspecified atom stereocenters.